The van der Waals surface area contributed by atoms with Gasteiger partial charge in [0.25, 0.3) is 5.91 Å². The standard InChI is InChI=1S/C20H24N4O3/c1-22-20(26)17-12-15(9-10-23-17)27-18-8-3-2-7-16(18)24-19(25)13-5-4-6-14(21)11-13/h2-3,7-10,12-14H,4-6,11,21H2,1H3,(H,22,26)(H,24,25). The molecule has 2 amide bonds. The zero-order valence-electron chi connectivity index (χ0n) is 15.3. The monoisotopic (exact) mass is 368 g/mol. The van der Waals surface area contributed by atoms with Gasteiger partial charge in [0, 0.05) is 31.3 Å². The summed E-state index contributed by atoms with van der Waals surface area (Å²) in [5, 5.41) is 5.48. The van der Waals surface area contributed by atoms with Gasteiger partial charge in [-0.3, -0.25) is 14.6 Å². The molecular weight excluding hydrogens is 344 g/mol. The van der Waals surface area contributed by atoms with Crippen LogP contribution in [0, 0.1) is 5.92 Å². The van der Waals surface area contributed by atoms with Crippen molar-refractivity contribution in [1.29, 1.82) is 0 Å². The molecule has 2 aromatic rings. The molecule has 142 valence electrons. The smallest absolute Gasteiger partial charge is 0.269 e. The predicted molar refractivity (Wildman–Crippen MR) is 103 cm³/mol. The Morgan fingerprint density at radius 3 is 2.81 bits per heavy atom. The van der Waals surface area contributed by atoms with E-state index in [4.69, 9.17) is 10.5 Å². The van der Waals surface area contributed by atoms with Gasteiger partial charge in [0.2, 0.25) is 5.91 Å². The summed E-state index contributed by atoms with van der Waals surface area (Å²) in [4.78, 5) is 28.4. The van der Waals surface area contributed by atoms with Crippen LogP contribution >= 0.6 is 0 Å². The lowest BCUT2D eigenvalue weighted by Crippen LogP contribution is -2.34. The lowest BCUT2D eigenvalue weighted by molar-refractivity contribution is -0.120. The second-order valence-electron chi connectivity index (χ2n) is 6.67. The number of hydrogen-bond acceptors (Lipinski definition) is 5. The van der Waals surface area contributed by atoms with E-state index in [1.807, 2.05) is 12.1 Å². The maximum Gasteiger partial charge on any atom is 0.269 e. The largest absolute Gasteiger partial charge is 0.455 e. The summed E-state index contributed by atoms with van der Waals surface area (Å²) in [5.74, 6) is 0.547. The van der Waals surface area contributed by atoms with Crippen molar-refractivity contribution in [2.24, 2.45) is 11.7 Å². The Bertz CT molecular complexity index is 824. The molecule has 1 fully saturated rings. The Hall–Kier alpha value is -2.93. The molecule has 0 aliphatic heterocycles. The normalized spacial score (nSPS) is 19.2. The minimum absolute atomic E-state index is 0.0398. The highest BCUT2D eigenvalue weighted by Crippen LogP contribution is 2.31. The molecule has 1 aliphatic rings. The van der Waals surface area contributed by atoms with Crippen LogP contribution in [0.15, 0.2) is 42.6 Å². The number of hydrogen-bond donors (Lipinski definition) is 3. The third kappa shape index (κ3) is 4.83. The van der Waals surface area contributed by atoms with Crippen LogP contribution in [0.25, 0.3) is 0 Å². The summed E-state index contributed by atoms with van der Waals surface area (Å²) in [7, 11) is 1.54. The molecule has 0 saturated heterocycles. The number of anilines is 1. The molecule has 1 heterocycles. The number of carbonyl (C=O) groups is 2. The molecule has 1 aliphatic carbocycles. The first-order valence-corrected chi connectivity index (χ1v) is 9.08. The maximum absolute atomic E-state index is 12.6. The van der Waals surface area contributed by atoms with Crippen LogP contribution in [0.1, 0.15) is 36.2 Å². The van der Waals surface area contributed by atoms with E-state index in [1.165, 1.54) is 6.20 Å². The fourth-order valence-corrected chi connectivity index (χ4v) is 3.21. The zero-order valence-corrected chi connectivity index (χ0v) is 15.3. The number of rotatable bonds is 5. The van der Waals surface area contributed by atoms with Crippen LogP contribution in [0.2, 0.25) is 0 Å². The second kappa shape index (κ2) is 8.64. The minimum atomic E-state index is -0.296. The molecule has 0 spiro atoms. The van der Waals surface area contributed by atoms with Crippen molar-refractivity contribution in [3.05, 3.63) is 48.3 Å². The highest BCUT2D eigenvalue weighted by atomic mass is 16.5. The lowest BCUT2D eigenvalue weighted by Gasteiger charge is -2.26. The van der Waals surface area contributed by atoms with E-state index >= 15 is 0 Å². The Kier molecular flexibility index (Phi) is 6.03. The van der Waals surface area contributed by atoms with Crippen molar-refractivity contribution < 1.29 is 14.3 Å². The number of pyridine rings is 1. The van der Waals surface area contributed by atoms with Crippen molar-refractivity contribution in [2.75, 3.05) is 12.4 Å². The maximum atomic E-state index is 12.6. The van der Waals surface area contributed by atoms with Crippen LogP contribution in [-0.2, 0) is 4.79 Å². The Labute approximate surface area is 158 Å². The topological polar surface area (TPSA) is 106 Å². The number of nitrogens with one attached hydrogen (secondary N) is 2. The SMILES string of the molecule is CNC(=O)c1cc(Oc2ccccc2NC(=O)C2CCCC(N)C2)ccn1. The molecule has 4 N–H and O–H groups in total. The summed E-state index contributed by atoms with van der Waals surface area (Å²) >= 11 is 0. The first-order chi connectivity index (χ1) is 13.1. The van der Waals surface area contributed by atoms with Crippen LogP contribution < -0.4 is 21.1 Å². The molecule has 1 saturated carbocycles. The summed E-state index contributed by atoms with van der Waals surface area (Å²) in [5.41, 5.74) is 6.84. The fourth-order valence-electron chi connectivity index (χ4n) is 3.21. The van der Waals surface area contributed by atoms with Crippen molar-refractivity contribution in [1.82, 2.24) is 10.3 Å². The third-order valence-corrected chi connectivity index (χ3v) is 4.65. The van der Waals surface area contributed by atoms with E-state index in [2.05, 4.69) is 15.6 Å². The highest BCUT2D eigenvalue weighted by Gasteiger charge is 2.26. The zero-order chi connectivity index (χ0) is 19.2. The van der Waals surface area contributed by atoms with Crippen molar-refractivity contribution in [3.8, 4) is 11.5 Å². The van der Waals surface area contributed by atoms with Crippen molar-refractivity contribution in [3.63, 3.8) is 0 Å². The first kappa shape index (κ1) is 18.8. The second-order valence-corrected chi connectivity index (χ2v) is 6.67. The van der Waals surface area contributed by atoms with Crippen LogP contribution in [0.3, 0.4) is 0 Å². The van der Waals surface area contributed by atoms with Gasteiger partial charge in [-0.1, -0.05) is 18.6 Å². The number of amides is 2. The fraction of sp³-hybridized carbons (Fsp3) is 0.350. The lowest BCUT2D eigenvalue weighted by atomic mass is 9.85. The third-order valence-electron chi connectivity index (χ3n) is 4.65. The molecule has 27 heavy (non-hydrogen) atoms. The number of para-hydroxylation sites is 2. The first-order valence-electron chi connectivity index (χ1n) is 9.08. The number of aromatic nitrogens is 1. The molecule has 3 rings (SSSR count). The number of nitrogens with two attached hydrogens (primary N) is 1. The van der Waals surface area contributed by atoms with Gasteiger partial charge in [-0.2, -0.15) is 0 Å². The highest BCUT2D eigenvalue weighted by molar-refractivity contribution is 5.94. The van der Waals surface area contributed by atoms with Gasteiger partial charge in [-0.05, 0) is 37.5 Å². The van der Waals surface area contributed by atoms with E-state index in [0.717, 1.165) is 19.3 Å². The molecule has 1 aromatic carbocycles. The Morgan fingerprint density at radius 1 is 1.22 bits per heavy atom. The summed E-state index contributed by atoms with van der Waals surface area (Å²) < 4.78 is 5.89. The van der Waals surface area contributed by atoms with Crippen molar-refractivity contribution in [2.45, 2.75) is 31.7 Å². The molecule has 0 bridgehead atoms. The van der Waals surface area contributed by atoms with Gasteiger partial charge in [0.1, 0.15) is 11.4 Å². The van der Waals surface area contributed by atoms with Gasteiger partial charge in [0.15, 0.2) is 5.75 Å². The number of carbonyl (C=O) groups excluding carboxylic acids is 2. The average Bonchev–Trinajstić information content (AvgIpc) is 2.69. The average molecular weight is 368 g/mol. The van der Waals surface area contributed by atoms with E-state index in [1.54, 1.807) is 31.3 Å². The van der Waals surface area contributed by atoms with Gasteiger partial charge in [-0.15, -0.1) is 0 Å². The van der Waals surface area contributed by atoms with Crippen molar-refractivity contribution >= 4 is 17.5 Å². The summed E-state index contributed by atoms with van der Waals surface area (Å²) in [6.07, 6.45) is 5.00. The minimum Gasteiger partial charge on any atom is -0.455 e. The summed E-state index contributed by atoms with van der Waals surface area (Å²) in [6, 6.07) is 10.5. The van der Waals surface area contributed by atoms with E-state index < -0.39 is 0 Å². The van der Waals surface area contributed by atoms with Crippen LogP contribution in [0.5, 0.6) is 11.5 Å². The van der Waals surface area contributed by atoms with Gasteiger partial charge in [0.05, 0.1) is 5.69 Å². The number of ether oxygens (including phenoxy) is 1. The quantitative estimate of drug-likeness (QED) is 0.752. The Morgan fingerprint density at radius 2 is 2.04 bits per heavy atom. The molecule has 2 atom stereocenters. The molecule has 2 unspecified atom stereocenters. The van der Waals surface area contributed by atoms with E-state index in [-0.39, 0.29) is 29.5 Å². The predicted octanol–water partition coefficient (Wildman–Crippen LogP) is 2.69. The molecular formula is C20H24N4O3. The summed E-state index contributed by atoms with van der Waals surface area (Å²) in [6.45, 7) is 0. The van der Waals surface area contributed by atoms with E-state index in [9.17, 15) is 9.59 Å². The van der Waals surface area contributed by atoms with Crippen LogP contribution in [-0.4, -0.2) is 29.9 Å². The van der Waals surface area contributed by atoms with Gasteiger partial charge >= 0.3 is 0 Å². The number of nitrogens with zero attached hydrogens (tertiary/aromatic N) is 1. The Balaban J connectivity index is 1.74. The molecule has 0 radical (unpaired) electrons. The van der Waals surface area contributed by atoms with Crippen LogP contribution in [0.4, 0.5) is 5.69 Å². The van der Waals surface area contributed by atoms with Gasteiger partial charge in [-0.25, -0.2) is 0 Å². The van der Waals surface area contributed by atoms with E-state index in [0.29, 0.717) is 23.6 Å². The van der Waals surface area contributed by atoms with Gasteiger partial charge < -0.3 is 21.1 Å². The molecule has 7 nitrogen and oxygen atoms in total. The molecule has 7 heteroatoms. The number of benzene rings is 1. The molecule has 1 aromatic heterocycles.